The number of Topliss-reactive ketones (excluding diaryl/α,β-unsaturated/α-hetero) is 2. The van der Waals surface area contributed by atoms with Crippen molar-refractivity contribution in [2.24, 2.45) is 35.5 Å². The zero-order valence-corrected chi connectivity index (χ0v) is 19.3. The van der Waals surface area contributed by atoms with E-state index in [1.165, 1.54) is 7.11 Å². The number of carbonyl (C=O) groups excluding carboxylic acids is 3. The number of ketones is 2. The lowest BCUT2D eigenvalue weighted by Gasteiger charge is -2.44. The first kappa shape index (κ1) is 22.9. The van der Waals surface area contributed by atoms with Crippen molar-refractivity contribution in [3.8, 4) is 0 Å². The Hall–Kier alpha value is -1.87. The molecule has 33 heavy (non-hydrogen) atoms. The van der Waals surface area contributed by atoms with Gasteiger partial charge in [0, 0.05) is 24.8 Å². The Bertz CT molecular complexity index is 928. The quantitative estimate of drug-likeness (QED) is 0.286. The Morgan fingerprint density at radius 3 is 2.70 bits per heavy atom. The van der Waals surface area contributed by atoms with Crippen molar-refractivity contribution >= 4 is 17.5 Å². The molecule has 2 aliphatic heterocycles. The number of hydrogen-bond donors (Lipinski definition) is 2. The van der Waals surface area contributed by atoms with Crippen LogP contribution < -0.4 is 0 Å². The Kier molecular flexibility index (Phi) is 5.63. The first-order chi connectivity index (χ1) is 15.7. The van der Waals surface area contributed by atoms with Crippen molar-refractivity contribution in [1.29, 1.82) is 0 Å². The summed E-state index contributed by atoms with van der Waals surface area (Å²) in [6, 6.07) is 0. The molecule has 0 spiro atoms. The normalized spacial score (nSPS) is 47.0. The van der Waals surface area contributed by atoms with Gasteiger partial charge in [-0.2, -0.15) is 5.06 Å². The molecule has 180 valence electrons. The van der Waals surface area contributed by atoms with Crippen LogP contribution in [0.1, 0.15) is 46.0 Å². The van der Waals surface area contributed by atoms with Gasteiger partial charge in [-0.05, 0) is 49.4 Å². The molecule has 0 aromatic carbocycles. The number of methoxy groups -OCH3 is 1. The Morgan fingerprint density at radius 1 is 1.21 bits per heavy atom. The number of carbonyl (C=O) groups is 3. The van der Waals surface area contributed by atoms with Gasteiger partial charge >= 0.3 is 0 Å². The average molecular weight is 460 g/mol. The second-order valence-electron chi connectivity index (χ2n) is 10.7. The van der Waals surface area contributed by atoms with Gasteiger partial charge in [0.05, 0.1) is 6.10 Å². The van der Waals surface area contributed by atoms with E-state index in [-0.39, 0.29) is 29.7 Å². The van der Waals surface area contributed by atoms with Gasteiger partial charge in [0.15, 0.2) is 17.5 Å². The Morgan fingerprint density at radius 2 is 1.97 bits per heavy atom. The number of hydroxylamine groups is 2. The summed E-state index contributed by atoms with van der Waals surface area (Å²) in [6.45, 7) is 4.17. The summed E-state index contributed by atoms with van der Waals surface area (Å²) >= 11 is 0. The monoisotopic (exact) mass is 459 g/mol. The molecule has 1 amide bonds. The minimum Gasteiger partial charge on any atom is -0.390 e. The number of hydrogen-bond acceptors (Lipinski definition) is 7. The fraction of sp³-hybridized carbons (Fsp3) is 0.720. The molecule has 1 saturated heterocycles. The van der Waals surface area contributed by atoms with Crippen LogP contribution in [0.15, 0.2) is 23.9 Å². The zero-order valence-electron chi connectivity index (χ0n) is 19.3. The summed E-state index contributed by atoms with van der Waals surface area (Å²) in [4.78, 5) is 40.6. The number of aliphatic hydroxyl groups is 1. The van der Waals surface area contributed by atoms with Crippen LogP contribution in [0.3, 0.4) is 0 Å². The minimum absolute atomic E-state index is 0.0673. The molecule has 10 atom stereocenters. The summed E-state index contributed by atoms with van der Waals surface area (Å²) in [5.41, 5.74) is -1.14. The van der Waals surface area contributed by atoms with E-state index in [0.29, 0.717) is 17.4 Å². The molecule has 5 aliphatic rings. The predicted octanol–water partition coefficient (Wildman–Crippen LogP) is 2.04. The molecule has 8 nitrogen and oxygen atoms in total. The number of epoxide rings is 1. The van der Waals surface area contributed by atoms with Crippen molar-refractivity contribution in [1.82, 2.24) is 5.06 Å². The first-order valence-corrected chi connectivity index (χ1v) is 12.1. The van der Waals surface area contributed by atoms with Crippen LogP contribution in [-0.4, -0.2) is 63.9 Å². The van der Waals surface area contributed by atoms with Gasteiger partial charge in [-0.1, -0.05) is 32.4 Å². The number of rotatable bonds is 4. The highest BCUT2D eigenvalue weighted by Crippen LogP contribution is 2.51. The van der Waals surface area contributed by atoms with E-state index in [2.05, 4.69) is 13.0 Å². The topological polar surface area (TPSA) is 117 Å². The third-order valence-corrected chi connectivity index (χ3v) is 8.77. The highest BCUT2D eigenvalue weighted by Gasteiger charge is 2.65. The van der Waals surface area contributed by atoms with Crippen LogP contribution in [0.2, 0.25) is 0 Å². The molecule has 2 saturated carbocycles. The summed E-state index contributed by atoms with van der Waals surface area (Å²) in [7, 11) is 1.45. The molecule has 0 radical (unpaired) electrons. The Balaban J connectivity index is 1.47. The van der Waals surface area contributed by atoms with E-state index in [1.807, 2.05) is 13.0 Å². The van der Waals surface area contributed by atoms with Crippen LogP contribution in [0.5, 0.6) is 0 Å². The standard InChI is InChI=1S/C25H33NO7/c1-12-4-7-15-14(10-12)6-5-13(2)18(15)21(29)19-20(28)16(11-26(31)24(19)30)25(32-3)9-8-17(27)22-23(25)33-22/h5-6,11-15,17-19,22-23,27,31H,4,7-10H2,1-3H3/t12-,13-,14-,15-,17-,18-,19?,22-,23-,25+/m1/s1. The Labute approximate surface area is 193 Å². The molecule has 0 aromatic rings. The van der Waals surface area contributed by atoms with Gasteiger partial charge in [-0.3, -0.25) is 19.6 Å². The lowest BCUT2D eigenvalue weighted by molar-refractivity contribution is -0.168. The lowest BCUT2D eigenvalue weighted by atomic mass is 9.60. The third kappa shape index (κ3) is 3.45. The van der Waals surface area contributed by atoms with E-state index < -0.39 is 53.2 Å². The second-order valence-corrected chi connectivity index (χ2v) is 10.7. The SMILES string of the molecule is CO[C@]1(C2=CN(O)C(=O)C(C(=O)[C@H]3[C@@H]4CC[C@@H](C)C[C@H]4C=C[C@H]3C)C2=O)CC[C@@H](O)[C@H]2O[C@H]21. The van der Waals surface area contributed by atoms with Gasteiger partial charge in [0.25, 0.3) is 5.91 Å². The molecule has 8 heteroatoms. The molecule has 5 rings (SSSR count). The molecular formula is C25H33NO7. The third-order valence-electron chi connectivity index (χ3n) is 8.77. The largest absolute Gasteiger partial charge is 0.390 e. The minimum atomic E-state index is -1.59. The molecule has 0 aromatic heterocycles. The van der Waals surface area contributed by atoms with Crippen molar-refractivity contribution < 1.29 is 34.2 Å². The van der Waals surface area contributed by atoms with E-state index in [9.17, 15) is 24.7 Å². The molecule has 1 unspecified atom stereocenters. The van der Waals surface area contributed by atoms with E-state index in [0.717, 1.165) is 25.5 Å². The van der Waals surface area contributed by atoms with E-state index in [1.54, 1.807) is 0 Å². The molecular weight excluding hydrogens is 426 g/mol. The van der Waals surface area contributed by atoms with Crippen molar-refractivity contribution in [2.75, 3.05) is 7.11 Å². The van der Waals surface area contributed by atoms with Gasteiger partial charge in [0.2, 0.25) is 0 Å². The van der Waals surface area contributed by atoms with Crippen LogP contribution in [0, 0.1) is 35.5 Å². The summed E-state index contributed by atoms with van der Waals surface area (Å²) in [5, 5.41) is 20.9. The smallest absolute Gasteiger partial charge is 0.268 e. The number of ether oxygens (including phenoxy) is 2. The number of nitrogens with zero attached hydrogens (tertiary/aromatic N) is 1. The van der Waals surface area contributed by atoms with Crippen molar-refractivity contribution in [3.05, 3.63) is 23.9 Å². The molecule has 2 heterocycles. The maximum atomic E-state index is 13.9. The maximum Gasteiger partial charge on any atom is 0.268 e. The lowest BCUT2D eigenvalue weighted by Crippen LogP contribution is -2.56. The van der Waals surface area contributed by atoms with Crippen molar-refractivity contribution in [2.45, 2.75) is 69.9 Å². The average Bonchev–Trinajstić information content (AvgIpc) is 3.60. The molecule has 3 aliphatic carbocycles. The highest BCUT2D eigenvalue weighted by molar-refractivity contribution is 6.26. The second kappa shape index (κ2) is 8.12. The molecule has 3 fully saturated rings. The van der Waals surface area contributed by atoms with Gasteiger partial charge in [0.1, 0.15) is 17.8 Å². The first-order valence-electron chi connectivity index (χ1n) is 12.1. The molecule has 2 N–H and O–H groups in total. The fourth-order valence-corrected chi connectivity index (χ4v) is 6.90. The number of fused-ring (bicyclic) bond motifs is 2. The fourth-order valence-electron chi connectivity index (χ4n) is 6.90. The number of aliphatic hydroxyl groups excluding tert-OH is 1. The number of amides is 1. The zero-order chi connectivity index (χ0) is 23.7. The van der Waals surface area contributed by atoms with Crippen LogP contribution in [0.4, 0.5) is 0 Å². The summed E-state index contributed by atoms with van der Waals surface area (Å²) in [6.07, 6.45) is 7.18. The van der Waals surface area contributed by atoms with Gasteiger partial charge < -0.3 is 14.6 Å². The van der Waals surface area contributed by atoms with E-state index >= 15 is 0 Å². The van der Waals surface area contributed by atoms with E-state index in [4.69, 9.17) is 9.47 Å². The number of allylic oxidation sites excluding steroid dienone is 2. The predicted molar refractivity (Wildman–Crippen MR) is 116 cm³/mol. The van der Waals surface area contributed by atoms with Crippen molar-refractivity contribution in [3.63, 3.8) is 0 Å². The van der Waals surface area contributed by atoms with Crippen LogP contribution in [-0.2, 0) is 23.9 Å². The van der Waals surface area contributed by atoms with Crippen LogP contribution >= 0.6 is 0 Å². The maximum absolute atomic E-state index is 13.9. The van der Waals surface area contributed by atoms with Gasteiger partial charge in [-0.25, -0.2) is 0 Å². The van der Waals surface area contributed by atoms with Crippen LogP contribution in [0.25, 0.3) is 0 Å². The van der Waals surface area contributed by atoms with Gasteiger partial charge in [-0.15, -0.1) is 0 Å². The summed E-state index contributed by atoms with van der Waals surface area (Å²) in [5.74, 6) is -3.14. The highest BCUT2D eigenvalue weighted by atomic mass is 16.6. The molecule has 0 bridgehead atoms. The summed E-state index contributed by atoms with van der Waals surface area (Å²) < 4.78 is 11.4.